The van der Waals surface area contributed by atoms with Gasteiger partial charge in [-0.1, -0.05) is 54.6 Å². The maximum atomic E-state index is 4.88. The van der Waals surface area contributed by atoms with Gasteiger partial charge in [-0.3, -0.25) is 4.57 Å². The molecule has 37 heavy (non-hydrogen) atoms. The van der Waals surface area contributed by atoms with Crippen molar-refractivity contribution in [2.24, 2.45) is 7.05 Å². The number of benzene rings is 3. The molecular weight excluding hydrogens is 456 g/mol. The molecule has 0 amide bonds. The van der Waals surface area contributed by atoms with E-state index in [1.54, 1.807) is 6.33 Å². The smallest absolute Gasteiger partial charge is 0.236 e. The fraction of sp³-hybridized carbons (Fsp3) is 0.0645. The van der Waals surface area contributed by atoms with Crippen LogP contribution in [0.15, 0.2) is 97.1 Å². The van der Waals surface area contributed by atoms with Gasteiger partial charge in [-0.25, -0.2) is 9.97 Å². The first kappa shape index (κ1) is 20.2. The Labute approximate surface area is 213 Å². The lowest BCUT2D eigenvalue weighted by atomic mass is 9.93. The van der Waals surface area contributed by atoms with Gasteiger partial charge < -0.3 is 9.47 Å². The molecule has 0 unspecified atom stereocenters. The molecule has 4 heterocycles. The summed E-state index contributed by atoms with van der Waals surface area (Å²) in [6.45, 7) is 0. The van der Waals surface area contributed by atoms with Crippen molar-refractivity contribution in [2.75, 3.05) is 4.90 Å². The van der Waals surface area contributed by atoms with Crippen LogP contribution in [-0.4, -0.2) is 24.1 Å². The van der Waals surface area contributed by atoms with Gasteiger partial charge in [0.2, 0.25) is 5.95 Å². The predicted molar refractivity (Wildman–Crippen MR) is 149 cm³/mol. The number of aromatic nitrogens is 5. The number of fused-ring (bicyclic) bond motifs is 8. The molecule has 6 nitrogen and oxygen atoms in total. The first-order valence-electron chi connectivity index (χ1n) is 12.4. The number of hydrogen-bond acceptors (Lipinski definition) is 4. The summed E-state index contributed by atoms with van der Waals surface area (Å²) in [6, 6.07) is 27.8. The van der Waals surface area contributed by atoms with E-state index in [2.05, 4.69) is 105 Å². The van der Waals surface area contributed by atoms with Crippen molar-refractivity contribution in [1.82, 2.24) is 24.1 Å². The zero-order valence-corrected chi connectivity index (χ0v) is 20.2. The van der Waals surface area contributed by atoms with Gasteiger partial charge in [0.1, 0.15) is 5.52 Å². The molecule has 3 aromatic carbocycles. The van der Waals surface area contributed by atoms with Gasteiger partial charge in [-0.15, -0.1) is 0 Å². The molecule has 0 saturated heterocycles. The highest BCUT2D eigenvalue weighted by atomic mass is 15.2. The molecule has 6 aromatic rings. The zero-order chi connectivity index (χ0) is 24.5. The molecule has 0 fully saturated rings. The third kappa shape index (κ3) is 2.90. The van der Waals surface area contributed by atoms with Crippen molar-refractivity contribution in [3.05, 3.63) is 114 Å². The van der Waals surface area contributed by atoms with Crippen LogP contribution in [0.5, 0.6) is 0 Å². The molecule has 0 saturated carbocycles. The number of anilines is 2. The number of nitrogens with zero attached hydrogens (tertiary/aromatic N) is 6. The summed E-state index contributed by atoms with van der Waals surface area (Å²) in [4.78, 5) is 16.6. The SMILES string of the molecule is Cn1cnc2nc(-n3c4c(c5ccccc53)C=C3CC(=C4)c4ccccc4N3c3ccccc3)ncc21. The summed E-state index contributed by atoms with van der Waals surface area (Å²) >= 11 is 0. The Morgan fingerprint density at radius 1 is 0.784 bits per heavy atom. The van der Waals surface area contributed by atoms with Crippen molar-refractivity contribution >= 4 is 51.2 Å². The van der Waals surface area contributed by atoms with E-state index < -0.39 is 0 Å². The van der Waals surface area contributed by atoms with E-state index in [4.69, 9.17) is 9.97 Å². The van der Waals surface area contributed by atoms with Crippen LogP contribution in [-0.2, 0) is 7.05 Å². The van der Waals surface area contributed by atoms with Crippen LogP contribution in [0.3, 0.4) is 0 Å². The van der Waals surface area contributed by atoms with Crippen LogP contribution in [0.25, 0.3) is 45.7 Å². The largest absolute Gasteiger partial charge is 0.331 e. The van der Waals surface area contributed by atoms with E-state index >= 15 is 0 Å². The van der Waals surface area contributed by atoms with Crippen molar-refractivity contribution in [3.8, 4) is 5.95 Å². The van der Waals surface area contributed by atoms with Crippen molar-refractivity contribution < 1.29 is 0 Å². The van der Waals surface area contributed by atoms with Gasteiger partial charge in [-0.05, 0) is 42.0 Å². The van der Waals surface area contributed by atoms with E-state index in [9.17, 15) is 0 Å². The number of rotatable bonds is 2. The van der Waals surface area contributed by atoms with Gasteiger partial charge >= 0.3 is 0 Å². The van der Waals surface area contributed by atoms with Crippen molar-refractivity contribution in [1.29, 1.82) is 0 Å². The Morgan fingerprint density at radius 3 is 2.51 bits per heavy atom. The summed E-state index contributed by atoms with van der Waals surface area (Å²) < 4.78 is 4.12. The average Bonchev–Trinajstić information content (AvgIpc) is 3.40. The third-order valence-corrected chi connectivity index (χ3v) is 7.41. The Bertz CT molecular complexity index is 1920. The normalized spacial score (nSPS) is 14.2. The second-order valence-corrected chi connectivity index (χ2v) is 9.56. The van der Waals surface area contributed by atoms with Crippen LogP contribution in [0.4, 0.5) is 11.4 Å². The van der Waals surface area contributed by atoms with E-state index in [0.717, 1.165) is 28.8 Å². The Balaban J connectivity index is 1.45. The molecule has 2 aliphatic rings. The number of hydrogen-bond donors (Lipinski definition) is 0. The van der Waals surface area contributed by atoms with Gasteiger partial charge in [0.05, 0.1) is 29.4 Å². The van der Waals surface area contributed by atoms with Gasteiger partial charge in [-0.2, -0.15) is 4.98 Å². The number of imidazole rings is 1. The molecule has 2 bridgehead atoms. The van der Waals surface area contributed by atoms with Crippen LogP contribution in [0.1, 0.15) is 23.2 Å². The summed E-state index contributed by atoms with van der Waals surface area (Å²) in [5.41, 5.74) is 11.1. The number of allylic oxidation sites excluding steroid dienone is 1. The fourth-order valence-corrected chi connectivity index (χ4v) is 5.73. The molecule has 0 atom stereocenters. The molecule has 1 aliphatic carbocycles. The van der Waals surface area contributed by atoms with Gasteiger partial charge in [0.25, 0.3) is 0 Å². The summed E-state index contributed by atoms with van der Waals surface area (Å²) in [5, 5.41) is 1.18. The quantitative estimate of drug-likeness (QED) is 0.276. The highest BCUT2D eigenvalue weighted by molar-refractivity contribution is 6.04. The molecule has 0 radical (unpaired) electrons. The van der Waals surface area contributed by atoms with Crippen LogP contribution < -0.4 is 4.90 Å². The predicted octanol–water partition coefficient (Wildman–Crippen LogP) is 6.74. The number of para-hydroxylation sites is 3. The standard InChI is InChI=1S/C31H22N6/c1-35-19-33-30-29(35)18-32-31(34-30)37-27-14-8-6-12-24(27)25-17-22-15-20(16-28(25)37)23-11-5-7-13-26(23)36(22)21-9-3-2-4-10-21/h2-14,16-19H,15H2,1H3. The fourth-order valence-electron chi connectivity index (χ4n) is 5.73. The van der Waals surface area contributed by atoms with Gasteiger partial charge in [0.15, 0.2) is 5.65 Å². The molecule has 8 rings (SSSR count). The van der Waals surface area contributed by atoms with E-state index in [1.165, 1.54) is 33.5 Å². The minimum atomic E-state index is 0.628. The third-order valence-electron chi connectivity index (χ3n) is 7.41. The summed E-state index contributed by atoms with van der Waals surface area (Å²) in [7, 11) is 1.96. The van der Waals surface area contributed by atoms with E-state index in [-0.39, 0.29) is 0 Å². The summed E-state index contributed by atoms with van der Waals surface area (Å²) in [5.74, 6) is 0.628. The second-order valence-electron chi connectivity index (χ2n) is 9.56. The Hall–Kier alpha value is -4.97. The molecule has 1 aliphatic heterocycles. The maximum absolute atomic E-state index is 4.88. The Kier molecular flexibility index (Phi) is 4.11. The lowest BCUT2D eigenvalue weighted by molar-refractivity contribution is 0.936. The molecular formula is C31H22N6. The molecule has 6 heteroatoms. The molecule has 176 valence electrons. The monoisotopic (exact) mass is 478 g/mol. The molecule has 3 aromatic heterocycles. The van der Waals surface area contributed by atoms with Crippen LogP contribution in [0, 0.1) is 0 Å². The first-order chi connectivity index (χ1) is 18.3. The molecule has 0 N–H and O–H groups in total. The maximum Gasteiger partial charge on any atom is 0.236 e. The minimum Gasteiger partial charge on any atom is -0.331 e. The first-order valence-corrected chi connectivity index (χ1v) is 12.4. The van der Waals surface area contributed by atoms with E-state index in [1.807, 2.05) is 17.8 Å². The highest BCUT2D eigenvalue weighted by Crippen LogP contribution is 2.48. The van der Waals surface area contributed by atoms with Gasteiger partial charge in [0, 0.05) is 41.4 Å². The zero-order valence-electron chi connectivity index (χ0n) is 20.2. The van der Waals surface area contributed by atoms with E-state index in [0.29, 0.717) is 11.6 Å². The Morgan fingerprint density at radius 2 is 1.59 bits per heavy atom. The summed E-state index contributed by atoms with van der Waals surface area (Å²) in [6.07, 6.45) is 9.15. The minimum absolute atomic E-state index is 0.628. The topological polar surface area (TPSA) is 51.8 Å². The average molecular weight is 479 g/mol. The second kappa shape index (κ2) is 7.51. The lowest BCUT2D eigenvalue weighted by Gasteiger charge is -2.34. The molecule has 0 spiro atoms. The highest BCUT2D eigenvalue weighted by Gasteiger charge is 2.30. The van der Waals surface area contributed by atoms with Crippen molar-refractivity contribution in [2.45, 2.75) is 6.42 Å². The van der Waals surface area contributed by atoms with Crippen LogP contribution >= 0.6 is 0 Å². The van der Waals surface area contributed by atoms with Crippen LogP contribution in [0.2, 0.25) is 0 Å². The van der Waals surface area contributed by atoms with Crippen molar-refractivity contribution in [3.63, 3.8) is 0 Å². The number of aryl methyl sites for hydroxylation is 1. The lowest BCUT2D eigenvalue weighted by Crippen LogP contribution is -2.21.